The van der Waals surface area contributed by atoms with E-state index < -0.39 is 17.5 Å². The van der Waals surface area contributed by atoms with E-state index in [0.717, 1.165) is 25.9 Å². The van der Waals surface area contributed by atoms with E-state index in [-0.39, 0.29) is 35.3 Å². The van der Waals surface area contributed by atoms with Gasteiger partial charge in [0.2, 0.25) is 0 Å². The van der Waals surface area contributed by atoms with E-state index in [2.05, 4.69) is 20.4 Å². The Bertz CT molecular complexity index is 922. The van der Waals surface area contributed by atoms with Crippen LogP contribution in [0.1, 0.15) is 50.8 Å². The molecule has 3 heterocycles. The van der Waals surface area contributed by atoms with E-state index in [1.807, 2.05) is 0 Å². The van der Waals surface area contributed by atoms with Gasteiger partial charge in [-0.3, -0.25) is 4.79 Å². The minimum atomic E-state index is -0.676. The van der Waals surface area contributed by atoms with Gasteiger partial charge in [0.05, 0.1) is 12.7 Å². The van der Waals surface area contributed by atoms with Crippen LogP contribution in [0.3, 0.4) is 0 Å². The monoisotopic (exact) mass is 407 g/mol. The number of halogens is 1. The number of hydrogen-bond donors (Lipinski definition) is 2. The van der Waals surface area contributed by atoms with Gasteiger partial charge >= 0.3 is 11.6 Å². The second-order valence-corrected chi connectivity index (χ2v) is 6.39. The predicted molar refractivity (Wildman–Crippen MR) is 105 cm³/mol. The third kappa shape index (κ3) is 4.76. The average molecular weight is 408 g/mol. The molecule has 0 saturated carbocycles. The van der Waals surface area contributed by atoms with Crippen LogP contribution in [0.25, 0.3) is 0 Å². The number of aryl methyl sites for hydroxylation is 1. The van der Waals surface area contributed by atoms with Gasteiger partial charge in [-0.1, -0.05) is 0 Å². The highest BCUT2D eigenvalue weighted by Gasteiger charge is 2.23. The summed E-state index contributed by atoms with van der Waals surface area (Å²) in [5.74, 6) is -0.249. The van der Waals surface area contributed by atoms with Crippen molar-refractivity contribution in [2.24, 2.45) is 0 Å². The van der Waals surface area contributed by atoms with Crippen LogP contribution in [0.4, 0.5) is 5.82 Å². The number of amides is 1. The average Bonchev–Trinajstić information content (AvgIpc) is 2.67. The molecule has 1 aliphatic rings. The second-order valence-electron chi connectivity index (χ2n) is 6.39. The molecular formula is C19H22ClN3O5. The number of piperidine rings is 1. The summed E-state index contributed by atoms with van der Waals surface area (Å²) in [4.78, 5) is 40.6. The van der Waals surface area contributed by atoms with Crippen LogP contribution in [0, 0.1) is 6.92 Å². The Kier molecular flexibility index (Phi) is 7.31. The molecule has 8 nitrogen and oxygen atoms in total. The zero-order valence-electron chi connectivity index (χ0n) is 15.6. The Morgan fingerprint density at radius 2 is 2.00 bits per heavy atom. The summed E-state index contributed by atoms with van der Waals surface area (Å²) in [6, 6.07) is 4.60. The smallest absolute Gasteiger partial charge is 0.349 e. The van der Waals surface area contributed by atoms with E-state index in [0.29, 0.717) is 11.3 Å². The Hall–Kier alpha value is -2.71. The van der Waals surface area contributed by atoms with Gasteiger partial charge in [0.15, 0.2) is 0 Å². The predicted octanol–water partition coefficient (Wildman–Crippen LogP) is 2.27. The minimum absolute atomic E-state index is 0. The Labute approximate surface area is 168 Å². The number of esters is 1. The summed E-state index contributed by atoms with van der Waals surface area (Å²) in [6.07, 6.45) is 3.15. The van der Waals surface area contributed by atoms with Gasteiger partial charge in [-0.25, -0.2) is 14.6 Å². The highest BCUT2D eigenvalue weighted by atomic mass is 35.5. The summed E-state index contributed by atoms with van der Waals surface area (Å²) in [5, 5.41) is 5.79. The highest BCUT2D eigenvalue weighted by Crippen LogP contribution is 2.25. The lowest BCUT2D eigenvalue weighted by molar-refractivity contribution is 0.0600. The number of anilines is 1. The fourth-order valence-electron chi connectivity index (χ4n) is 3.14. The van der Waals surface area contributed by atoms with Gasteiger partial charge in [-0.05, 0) is 56.6 Å². The lowest BCUT2D eigenvalue weighted by Crippen LogP contribution is -2.28. The number of nitrogens with one attached hydrogen (secondary N) is 2. The number of ether oxygens (including phenoxy) is 1. The van der Waals surface area contributed by atoms with Crippen molar-refractivity contribution in [2.75, 3.05) is 25.5 Å². The number of nitrogens with zero attached hydrogens (tertiary/aromatic N) is 1. The van der Waals surface area contributed by atoms with Crippen molar-refractivity contribution in [3.63, 3.8) is 0 Å². The molecule has 1 fully saturated rings. The third-order valence-electron chi connectivity index (χ3n) is 4.56. The van der Waals surface area contributed by atoms with Crippen LogP contribution in [0.2, 0.25) is 0 Å². The van der Waals surface area contributed by atoms with Crippen molar-refractivity contribution >= 4 is 30.1 Å². The molecular weight excluding hydrogens is 386 g/mol. The first-order chi connectivity index (χ1) is 13.0. The first-order valence-electron chi connectivity index (χ1n) is 8.70. The number of pyridine rings is 1. The van der Waals surface area contributed by atoms with Crippen LogP contribution in [-0.4, -0.2) is 37.1 Å². The zero-order chi connectivity index (χ0) is 19.4. The molecule has 0 aromatic carbocycles. The normalized spacial score (nSPS) is 14.1. The van der Waals surface area contributed by atoms with E-state index in [1.54, 1.807) is 13.0 Å². The summed E-state index contributed by atoms with van der Waals surface area (Å²) < 4.78 is 10.1. The maximum absolute atomic E-state index is 12.6. The summed E-state index contributed by atoms with van der Waals surface area (Å²) in [7, 11) is 1.26. The second kappa shape index (κ2) is 9.48. The SMILES string of the molecule is COC(=O)c1ccnc(NC(=O)c2c(C)cc(C3CCNCC3)oc2=O)c1.Cl. The molecule has 9 heteroatoms. The topological polar surface area (TPSA) is 111 Å². The number of carbonyl (C=O) groups is 2. The maximum Gasteiger partial charge on any atom is 0.349 e. The number of carbonyl (C=O) groups excluding carboxylic acids is 2. The Morgan fingerprint density at radius 3 is 2.64 bits per heavy atom. The van der Waals surface area contributed by atoms with Crippen LogP contribution >= 0.6 is 12.4 Å². The van der Waals surface area contributed by atoms with Gasteiger partial charge in [-0.2, -0.15) is 0 Å². The summed E-state index contributed by atoms with van der Waals surface area (Å²) in [6.45, 7) is 3.45. The van der Waals surface area contributed by atoms with Crippen molar-refractivity contribution in [1.82, 2.24) is 10.3 Å². The van der Waals surface area contributed by atoms with Gasteiger partial charge in [0, 0.05) is 12.1 Å². The molecule has 1 amide bonds. The zero-order valence-corrected chi connectivity index (χ0v) is 16.4. The van der Waals surface area contributed by atoms with Gasteiger partial charge in [-0.15, -0.1) is 12.4 Å². The maximum atomic E-state index is 12.6. The van der Waals surface area contributed by atoms with Gasteiger partial charge in [0.25, 0.3) is 5.91 Å². The standard InChI is InChI=1S/C19H21N3O5.ClH/c1-11-9-14(12-3-6-20-7-4-12)27-19(25)16(11)17(23)22-15-10-13(5-8-21-15)18(24)26-2;/h5,8-10,12,20H,3-4,6-7H2,1-2H3,(H,21,22,23);1H. The number of hydrogen-bond acceptors (Lipinski definition) is 7. The molecule has 1 aliphatic heterocycles. The number of rotatable bonds is 4. The van der Waals surface area contributed by atoms with Crippen LogP contribution < -0.4 is 16.3 Å². The number of aromatic nitrogens is 1. The molecule has 0 bridgehead atoms. The van der Waals surface area contributed by atoms with Crippen LogP contribution in [-0.2, 0) is 4.74 Å². The van der Waals surface area contributed by atoms with E-state index in [9.17, 15) is 14.4 Å². The lowest BCUT2D eigenvalue weighted by Gasteiger charge is -2.21. The quantitative estimate of drug-likeness (QED) is 0.748. The molecule has 150 valence electrons. The van der Waals surface area contributed by atoms with Crippen molar-refractivity contribution in [2.45, 2.75) is 25.7 Å². The largest absolute Gasteiger partial charge is 0.465 e. The minimum Gasteiger partial charge on any atom is -0.465 e. The molecule has 0 atom stereocenters. The van der Waals surface area contributed by atoms with Crippen molar-refractivity contribution < 1.29 is 18.7 Å². The van der Waals surface area contributed by atoms with Gasteiger partial charge in [0.1, 0.15) is 17.1 Å². The molecule has 0 aliphatic carbocycles. The number of methoxy groups -OCH3 is 1. The van der Waals surface area contributed by atoms with E-state index >= 15 is 0 Å². The lowest BCUT2D eigenvalue weighted by atomic mass is 9.94. The van der Waals surface area contributed by atoms with Gasteiger partial charge < -0.3 is 19.8 Å². The first-order valence-corrected chi connectivity index (χ1v) is 8.70. The molecule has 2 N–H and O–H groups in total. The molecule has 2 aromatic heterocycles. The fourth-order valence-corrected chi connectivity index (χ4v) is 3.14. The fraction of sp³-hybridized carbons (Fsp3) is 0.368. The Morgan fingerprint density at radius 1 is 1.29 bits per heavy atom. The summed E-state index contributed by atoms with van der Waals surface area (Å²) in [5.41, 5.74) is 0.0392. The first kappa shape index (κ1) is 21.6. The van der Waals surface area contributed by atoms with Crippen molar-refractivity contribution in [3.8, 4) is 0 Å². The molecule has 0 unspecified atom stereocenters. The third-order valence-corrected chi connectivity index (χ3v) is 4.56. The summed E-state index contributed by atoms with van der Waals surface area (Å²) >= 11 is 0. The molecule has 2 aromatic rings. The molecule has 28 heavy (non-hydrogen) atoms. The van der Waals surface area contributed by atoms with E-state index in [4.69, 9.17) is 4.42 Å². The molecule has 3 rings (SSSR count). The molecule has 1 saturated heterocycles. The molecule has 0 radical (unpaired) electrons. The van der Waals surface area contributed by atoms with E-state index in [1.165, 1.54) is 25.4 Å². The molecule has 0 spiro atoms. The highest BCUT2D eigenvalue weighted by molar-refractivity contribution is 6.04. The van der Waals surface area contributed by atoms with Crippen molar-refractivity contribution in [1.29, 1.82) is 0 Å². The van der Waals surface area contributed by atoms with Crippen molar-refractivity contribution in [3.05, 3.63) is 57.3 Å². The van der Waals surface area contributed by atoms with Crippen LogP contribution in [0.5, 0.6) is 0 Å². The Balaban J connectivity index is 0.00000280. The van der Waals surface area contributed by atoms with Crippen LogP contribution in [0.15, 0.2) is 33.6 Å².